The number of alkyl halides is 3. The Morgan fingerprint density at radius 3 is 2.58 bits per heavy atom. The number of nitrogens with one attached hydrogen (secondary N) is 1. The van der Waals surface area contributed by atoms with E-state index in [0.717, 1.165) is 5.56 Å². The summed E-state index contributed by atoms with van der Waals surface area (Å²) >= 11 is 6.23. The minimum Gasteiger partial charge on any atom is -0.309 e. The Hall–Kier alpha value is -1.20. The van der Waals surface area contributed by atoms with Gasteiger partial charge in [0.15, 0.2) is 21.4 Å². The largest absolute Gasteiger partial charge is 0.393 e. The van der Waals surface area contributed by atoms with Crippen LogP contribution in [-0.4, -0.2) is 25.8 Å². The number of hydrogen-bond donors (Lipinski definition) is 1. The van der Waals surface area contributed by atoms with Crippen molar-refractivity contribution in [2.75, 3.05) is 0 Å². The van der Waals surface area contributed by atoms with Gasteiger partial charge in [-0.3, -0.25) is 9.52 Å². The third-order valence-corrected chi connectivity index (χ3v) is 6.56. The average molecular weight is 515 g/mol. The van der Waals surface area contributed by atoms with Crippen LogP contribution in [0.3, 0.4) is 0 Å². The number of hydrogen-bond acceptors (Lipinski definition) is 3. The molecule has 2 aromatic rings. The fraction of sp³-hybridized carbons (Fsp3) is 0.333. The first-order chi connectivity index (χ1) is 12.1. The van der Waals surface area contributed by atoms with Crippen LogP contribution in [0.5, 0.6) is 0 Å². The summed E-state index contributed by atoms with van der Waals surface area (Å²) in [7, 11) is -1.81. The summed E-state index contributed by atoms with van der Waals surface area (Å²) in [6.45, 7) is 1.75. The predicted octanol–water partition coefficient (Wildman–Crippen LogP) is 4.29. The minimum absolute atomic E-state index is 0.0761. The number of halogens is 5. The molecule has 1 amide bonds. The van der Waals surface area contributed by atoms with E-state index >= 15 is 0 Å². The highest BCUT2D eigenvalue weighted by Crippen LogP contribution is 2.55. The molecule has 3 atom stereocenters. The van der Waals surface area contributed by atoms with Crippen LogP contribution in [0.4, 0.5) is 13.2 Å². The molecule has 1 aromatic carbocycles. The molecule has 1 saturated carbocycles. The second kappa shape index (κ2) is 7.08. The average Bonchev–Trinajstić information content (AvgIpc) is 3.28. The van der Waals surface area contributed by atoms with Crippen molar-refractivity contribution in [3.63, 3.8) is 0 Å². The molecule has 1 aromatic heterocycles. The standard InChI is InChI=1S/C15H12Br2F3N3O2S/c1-7-4-2-3-5-10(7)26(25)22-13(24)11-12(16)23(14(17)21-11)9-6-8(9)15(18,19)20/h2-5,8-9H,6H2,1H3,(H,22,24). The van der Waals surface area contributed by atoms with E-state index in [9.17, 15) is 22.2 Å². The zero-order valence-electron chi connectivity index (χ0n) is 13.2. The molecule has 0 bridgehead atoms. The van der Waals surface area contributed by atoms with Crippen LogP contribution in [0.1, 0.15) is 28.5 Å². The normalized spacial score (nSPS) is 20.7. The van der Waals surface area contributed by atoms with Gasteiger partial charge in [0.05, 0.1) is 10.8 Å². The predicted molar refractivity (Wildman–Crippen MR) is 95.9 cm³/mol. The van der Waals surface area contributed by atoms with E-state index in [4.69, 9.17) is 0 Å². The molecule has 5 nitrogen and oxygen atoms in total. The molecule has 3 unspecified atom stereocenters. The molecule has 140 valence electrons. The third kappa shape index (κ3) is 3.74. The first kappa shape index (κ1) is 19.6. The molecule has 1 fully saturated rings. The zero-order chi connectivity index (χ0) is 19.2. The van der Waals surface area contributed by atoms with E-state index in [1.54, 1.807) is 31.2 Å². The van der Waals surface area contributed by atoms with Gasteiger partial charge in [0.1, 0.15) is 4.60 Å². The lowest BCUT2D eigenvalue weighted by atomic mass is 10.2. The van der Waals surface area contributed by atoms with E-state index in [2.05, 4.69) is 41.6 Å². The first-order valence-corrected chi connectivity index (χ1v) is 10.1. The number of aryl methyl sites for hydroxylation is 1. The lowest BCUT2D eigenvalue weighted by Crippen LogP contribution is -2.27. The van der Waals surface area contributed by atoms with Gasteiger partial charge in [-0.25, -0.2) is 9.19 Å². The molecule has 11 heteroatoms. The van der Waals surface area contributed by atoms with Crippen LogP contribution < -0.4 is 4.72 Å². The van der Waals surface area contributed by atoms with E-state index in [1.807, 2.05) is 0 Å². The summed E-state index contributed by atoms with van der Waals surface area (Å²) in [6, 6.07) is 6.02. The Bertz CT molecular complexity index is 901. The Kier molecular flexibility index (Phi) is 5.33. The molecule has 0 aliphatic heterocycles. The quantitative estimate of drug-likeness (QED) is 0.662. The van der Waals surface area contributed by atoms with Crippen LogP contribution >= 0.6 is 31.9 Å². The van der Waals surface area contributed by atoms with Crippen molar-refractivity contribution in [1.29, 1.82) is 0 Å². The number of rotatable bonds is 4. The van der Waals surface area contributed by atoms with Gasteiger partial charge in [-0.1, -0.05) is 18.2 Å². The van der Waals surface area contributed by atoms with Crippen molar-refractivity contribution in [1.82, 2.24) is 14.3 Å². The lowest BCUT2D eigenvalue weighted by Gasteiger charge is -2.09. The number of nitrogens with zero attached hydrogens (tertiary/aromatic N) is 2. The second-order valence-electron chi connectivity index (χ2n) is 5.81. The second-order valence-corrected chi connectivity index (χ2v) is 8.45. The van der Waals surface area contributed by atoms with Gasteiger partial charge in [0.2, 0.25) is 0 Å². The molecule has 1 aliphatic rings. The summed E-state index contributed by atoms with van der Waals surface area (Å²) in [6.07, 6.45) is -4.38. The summed E-state index contributed by atoms with van der Waals surface area (Å²) in [4.78, 5) is 16.8. The molecule has 1 aliphatic carbocycles. The molecule has 0 radical (unpaired) electrons. The highest BCUT2D eigenvalue weighted by Gasteiger charge is 2.57. The van der Waals surface area contributed by atoms with E-state index in [-0.39, 0.29) is 21.5 Å². The maximum absolute atomic E-state index is 12.8. The fourth-order valence-electron chi connectivity index (χ4n) is 2.58. The Labute approximate surface area is 166 Å². The highest BCUT2D eigenvalue weighted by atomic mass is 79.9. The third-order valence-electron chi connectivity index (χ3n) is 4.01. The summed E-state index contributed by atoms with van der Waals surface area (Å²) in [5, 5.41) is 0. The van der Waals surface area contributed by atoms with Gasteiger partial charge in [-0.05, 0) is 56.8 Å². The lowest BCUT2D eigenvalue weighted by molar-refractivity contribution is -0.150. The first-order valence-electron chi connectivity index (χ1n) is 7.39. The minimum atomic E-state index is -4.30. The number of imidazole rings is 1. The van der Waals surface area contributed by atoms with Crippen molar-refractivity contribution >= 4 is 48.8 Å². The summed E-state index contributed by atoms with van der Waals surface area (Å²) in [5.74, 6) is -2.22. The van der Waals surface area contributed by atoms with Crippen molar-refractivity contribution in [3.8, 4) is 0 Å². The molecule has 26 heavy (non-hydrogen) atoms. The van der Waals surface area contributed by atoms with Crippen LogP contribution in [0.25, 0.3) is 0 Å². The van der Waals surface area contributed by atoms with Crippen LogP contribution in [-0.2, 0) is 11.0 Å². The zero-order valence-corrected chi connectivity index (χ0v) is 17.2. The van der Waals surface area contributed by atoms with Crippen molar-refractivity contribution in [2.45, 2.75) is 30.5 Å². The molecule has 3 rings (SSSR count). The van der Waals surface area contributed by atoms with Gasteiger partial charge < -0.3 is 4.57 Å². The Morgan fingerprint density at radius 1 is 1.35 bits per heavy atom. The van der Waals surface area contributed by atoms with Crippen LogP contribution in [0.2, 0.25) is 0 Å². The van der Waals surface area contributed by atoms with Gasteiger partial charge in [0, 0.05) is 6.04 Å². The molecule has 0 spiro atoms. The Balaban J connectivity index is 1.80. The molecule has 1 N–H and O–H groups in total. The van der Waals surface area contributed by atoms with Gasteiger partial charge in [-0.15, -0.1) is 0 Å². The number of amides is 1. The Morgan fingerprint density at radius 2 is 2.00 bits per heavy atom. The van der Waals surface area contributed by atoms with E-state index < -0.39 is 35.0 Å². The summed E-state index contributed by atoms with van der Waals surface area (Å²) < 4.78 is 54.6. The molecule has 0 saturated heterocycles. The SMILES string of the molecule is Cc1ccccc1S(=O)NC(=O)c1nc(Br)n(C2CC2C(F)(F)F)c1Br. The maximum Gasteiger partial charge on any atom is 0.393 e. The van der Waals surface area contributed by atoms with Gasteiger partial charge in [0.25, 0.3) is 5.91 Å². The van der Waals surface area contributed by atoms with Crippen molar-refractivity contribution < 1.29 is 22.2 Å². The molecular formula is C15H12Br2F3N3O2S. The van der Waals surface area contributed by atoms with E-state index in [1.165, 1.54) is 4.57 Å². The van der Waals surface area contributed by atoms with Crippen molar-refractivity contribution in [3.05, 3.63) is 44.9 Å². The van der Waals surface area contributed by atoms with Gasteiger partial charge >= 0.3 is 6.18 Å². The number of carbonyl (C=O) groups is 1. The van der Waals surface area contributed by atoms with Crippen LogP contribution in [0, 0.1) is 12.8 Å². The summed E-state index contributed by atoms with van der Waals surface area (Å²) in [5.41, 5.74) is 0.606. The number of carbonyl (C=O) groups excluding carboxylic acids is 1. The van der Waals surface area contributed by atoms with Crippen LogP contribution in [0.15, 0.2) is 38.5 Å². The number of aromatic nitrogens is 2. The maximum atomic E-state index is 12.8. The smallest absolute Gasteiger partial charge is 0.309 e. The van der Waals surface area contributed by atoms with Crippen molar-refractivity contribution in [2.24, 2.45) is 5.92 Å². The van der Waals surface area contributed by atoms with Gasteiger partial charge in [-0.2, -0.15) is 13.2 Å². The topological polar surface area (TPSA) is 64.0 Å². The fourth-order valence-corrected chi connectivity index (χ4v) is 5.08. The number of benzene rings is 1. The monoisotopic (exact) mass is 513 g/mol. The molecular weight excluding hydrogens is 503 g/mol. The van der Waals surface area contributed by atoms with E-state index in [0.29, 0.717) is 4.90 Å². The highest BCUT2D eigenvalue weighted by molar-refractivity contribution is 9.11. The molecule has 1 heterocycles.